The fourth-order valence-electron chi connectivity index (χ4n) is 2.29. The van der Waals surface area contributed by atoms with Gasteiger partial charge in [-0.1, -0.05) is 42.0 Å². The molecule has 0 aliphatic rings. The number of benzene rings is 2. The second kappa shape index (κ2) is 10.7. The molecule has 0 saturated heterocycles. The van der Waals surface area contributed by atoms with Gasteiger partial charge in [0.1, 0.15) is 12.4 Å². The predicted molar refractivity (Wildman–Crippen MR) is 99.6 cm³/mol. The molecule has 0 radical (unpaired) electrons. The number of carbonyl (C=O) groups excluding carboxylic acids is 1. The topological polar surface area (TPSA) is 64.3 Å². The minimum atomic E-state index is 0. The van der Waals surface area contributed by atoms with Gasteiger partial charge in [0, 0.05) is 6.54 Å². The van der Waals surface area contributed by atoms with E-state index in [9.17, 15) is 4.79 Å². The number of rotatable bonds is 8. The normalized spacial score (nSPS) is 9.92. The van der Waals surface area contributed by atoms with E-state index >= 15 is 0 Å². The van der Waals surface area contributed by atoms with E-state index < -0.39 is 0 Å². The Kier molecular flexibility index (Phi) is 8.90. The first-order valence-corrected chi connectivity index (χ1v) is 7.91. The van der Waals surface area contributed by atoms with Crippen LogP contribution in [0.25, 0.3) is 0 Å². The highest BCUT2D eigenvalue weighted by Gasteiger charge is 2.04. The van der Waals surface area contributed by atoms with Gasteiger partial charge in [0.15, 0.2) is 0 Å². The van der Waals surface area contributed by atoms with E-state index in [2.05, 4.69) is 24.4 Å². The van der Waals surface area contributed by atoms with Crippen LogP contribution in [-0.4, -0.2) is 19.0 Å². The summed E-state index contributed by atoms with van der Waals surface area (Å²) in [5.41, 5.74) is 8.70. The monoisotopic (exact) mass is 348 g/mol. The number of ether oxygens (including phenoxy) is 1. The zero-order valence-corrected chi connectivity index (χ0v) is 14.8. The van der Waals surface area contributed by atoms with Gasteiger partial charge in [-0.15, -0.1) is 12.4 Å². The lowest BCUT2D eigenvalue weighted by Gasteiger charge is -2.09. The lowest BCUT2D eigenvalue weighted by Crippen LogP contribution is -2.27. The maximum Gasteiger partial charge on any atom is 0.224 e. The molecule has 2 aromatic rings. The fourth-order valence-corrected chi connectivity index (χ4v) is 2.29. The van der Waals surface area contributed by atoms with E-state index in [4.69, 9.17) is 10.5 Å². The third-order valence-electron chi connectivity index (χ3n) is 3.45. The lowest BCUT2D eigenvalue weighted by atomic mass is 10.1. The highest BCUT2D eigenvalue weighted by atomic mass is 35.5. The second-order valence-electron chi connectivity index (χ2n) is 5.59. The molecular formula is C19H25ClN2O2. The number of hydrogen-bond acceptors (Lipinski definition) is 3. The molecule has 0 aliphatic carbocycles. The third-order valence-corrected chi connectivity index (χ3v) is 3.45. The third kappa shape index (κ3) is 7.02. The molecule has 0 aromatic heterocycles. The Labute approximate surface area is 149 Å². The Morgan fingerprint density at radius 1 is 1.12 bits per heavy atom. The van der Waals surface area contributed by atoms with Crippen molar-refractivity contribution < 1.29 is 9.53 Å². The van der Waals surface area contributed by atoms with Crippen LogP contribution in [0.5, 0.6) is 5.75 Å². The average molecular weight is 349 g/mol. The second-order valence-corrected chi connectivity index (χ2v) is 5.59. The van der Waals surface area contributed by atoms with E-state index in [0.717, 1.165) is 23.3 Å². The molecule has 0 bridgehead atoms. The van der Waals surface area contributed by atoms with E-state index in [0.29, 0.717) is 26.1 Å². The van der Waals surface area contributed by atoms with Gasteiger partial charge in [-0.05, 0) is 43.1 Å². The molecule has 4 nitrogen and oxygen atoms in total. The Morgan fingerprint density at radius 2 is 1.88 bits per heavy atom. The summed E-state index contributed by atoms with van der Waals surface area (Å²) in [5, 5.41) is 2.86. The molecule has 0 heterocycles. The Balaban J connectivity index is 0.00000288. The first-order valence-electron chi connectivity index (χ1n) is 7.91. The molecule has 0 unspecified atom stereocenters. The van der Waals surface area contributed by atoms with E-state index in [-0.39, 0.29) is 18.3 Å². The van der Waals surface area contributed by atoms with Crippen LogP contribution in [0.1, 0.15) is 23.1 Å². The Bertz CT molecular complexity index is 647. The van der Waals surface area contributed by atoms with Crippen LogP contribution in [0, 0.1) is 6.92 Å². The van der Waals surface area contributed by atoms with Crippen molar-refractivity contribution in [1.82, 2.24) is 5.32 Å². The van der Waals surface area contributed by atoms with Crippen LogP contribution in [0.3, 0.4) is 0 Å². The lowest BCUT2D eigenvalue weighted by molar-refractivity contribution is -0.120. The number of hydrogen-bond donors (Lipinski definition) is 2. The first-order chi connectivity index (χ1) is 11.2. The summed E-state index contributed by atoms with van der Waals surface area (Å²) < 4.78 is 5.82. The van der Waals surface area contributed by atoms with Crippen molar-refractivity contribution in [2.24, 2.45) is 5.73 Å². The number of amides is 1. The Hall–Kier alpha value is -2.04. The summed E-state index contributed by atoms with van der Waals surface area (Å²) in [6, 6.07) is 15.9. The summed E-state index contributed by atoms with van der Waals surface area (Å²) in [6.45, 7) is 3.79. The van der Waals surface area contributed by atoms with Gasteiger partial charge in [-0.25, -0.2) is 0 Å². The molecule has 3 N–H and O–H groups in total. The molecule has 2 aromatic carbocycles. The molecule has 5 heteroatoms. The molecule has 130 valence electrons. The van der Waals surface area contributed by atoms with Crippen LogP contribution in [0.2, 0.25) is 0 Å². The summed E-state index contributed by atoms with van der Waals surface area (Å²) in [5.74, 6) is 0.785. The minimum Gasteiger partial charge on any atom is -0.489 e. The van der Waals surface area contributed by atoms with E-state index in [1.54, 1.807) is 0 Å². The summed E-state index contributed by atoms with van der Waals surface area (Å²) >= 11 is 0. The summed E-state index contributed by atoms with van der Waals surface area (Å²) in [7, 11) is 0. The number of nitrogens with two attached hydrogens (primary N) is 1. The number of halogens is 1. The van der Waals surface area contributed by atoms with E-state index in [1.165, 1.54) is 5.56 Å². The largest absolute Gasteiger partial charge is 0.489 e. The molecule has 0 aliphatic heterocycles. The predicted octanol–water partition coefficient (Wildman–Crippen LogP) is 3.00. The number of nitrogens with one attached hydrogen (secondary N) is 1. The van der Waals surface area contributed by atoms with Crippen LogP contribution in [0.15, 0.2) is 48.5 Å². The Morgan fingerprint density at radius 3 is 2.62 bits per heavy atom. The van der Waals surface area contributed by atoms with Crippen LogP contribution < -0.4 is 15.8 Å². The molecule has 1 amide bonds. The van der Waals surface area contributed by atoms with Gasteiger partial charge >= 0.3 is 0 Å². The first kappa shape index (κ1) is 20.0. The molecule has 24 heavy (non-hydrogen) atoms. The maximum atomic E-state index is 11.8. The van der Waals surface area contributed by atoms with Crippen molar-refractivity contribution in [1.29, 1.82) is 0 Å². The van der Waals surface area contributed by atoms with Crippen molar-refractivity contribution in [3.05, 3.63) is 65.2 Å². The van der Waals surface area contributed by atoms with Gasteiger partial charge < -0.3 is 15.8 Å². The molecule has 0 spiro atoms. The van der Waals surface area contributed by atoms with Gasteiger partial charge in [-0.2, -0.15) is 0 Å². The van der Waals surface area contributed by atoms with Crippen molar-refractivity contribution in [3.8, 4) is 5.75 Å². The zero-order chi connectivity index (χ0) is 16.5. The van der Waals surface area contributed by atoms with Crippen LogP contribution in [-0.2, 0) is 17.8 Å². The SMILES string of the molecule is Cc1cccc(COc2cccc(CC(=O)NCCCN)c2)c1.Cl. The van der Waals surface area contributed by atoms with Crippen molar-refractivity contribution in [3.63, 3.8) is 0 Å². The highest BCUT2D eigenvalue weighted by Crippen LogP contribution is 2.16. The fraction of sp³-hybridized carbons (Fsp3) is 0.316. The molecule has 0 fully saturated rings. The average Bonchev–Trinajstić information content (AvgIpc) is 2.54. The van der Waals surface area contributed by atoms with Crippen molar-refractivity contribution in [2.45, 2.75) is 26.4 Å². The van der Waals surface area contributed by atoms with Crippen LogP contribution >= 0.6 is 12.4 Å². The number of carbonyl (C=O) groups is 1. The van der Waals surface area contributed by atoms with Gasteiger partial charge in [0.25, 0.3) is 0 Å². The zero-order valence-electron chi connectivity index (χ0n) is 14.0. The molecular weight excluding hydrogens is 324 g/mol. The standard InChI is InChI=1S/C19H24N2O2.ClH/c1-15-5-2-7-17(11-15)14-23-18-8-3-6-16(12-18)13-19(22)21-10-4-9-20;/h2-3,5-8,11-12H,4,9-10,13-14,20H2,1H3,(H,21,22);1H. The molecule has 0 atom stereocenters. The van der Waals surface area contributed by atoms with Gasteiger partial charge in [0.05, 0.1) is 6.42 Å². The summed E-state index contributed by atoms with van der Waals surface area (Å²) in [6.07, 6.45) is 1.15. The van der Waals surface area contributed by atoms with Gasteiger partial charge in [0.2, 0.25) is 5.91 Å². The molecule has 2 rings (SSSR count). The van der Waals surface area contributed by atoms with E-state index in [1.807, 2.05) is 36.4 Å². The van der Waals surface area contributed by atoms with Crippen molar-refractivity contribution in [2.75, 3.05) is 13.1 Å². The summed E-state index contributed by atoms with van der Waals surface area (Å²) in [4.78, 5) is 11.8. The quantitative estimate of drug-likeness (QED) is 0.721. The van der Waals surface area contributed by atoms with Gasteiger partial charge in [-0.3, -0.25) is 4.79 Å². The maximum absolute atomic E-state index is 11.8. The van der Waals surface area contributed by atoms with Crippen molar-refractivity contribution >= 4 is 18.3 Å². The number of aryl methyl sites for hydroxylation is 1. The highest BCUT2D eigenvalue weighted by molar-refractivity contribution is 5.85. The molecule has 0 saturated carbocycles. The smallest absolute Gasteiger partial charge is 0.224 e. The minimum absolute atomic E-state index is 0. The van der Waals surface area contributed by atoms with Crippen LogP contribution in [0.4, 0.5) is 0 Å².